The first-order valence-electron chi connectivity index (χ1n) is 9.10. The number of carbonyl (C=O) groups is 1. The van der Waals surface area contributed by atoms with Crippen LogP contribution in [0.1, 0.15) is 30.5 Å². The van der Waals surface area contributed by atoms with Crippen molar-refractivity contribution in [2.24, 2.45) is 5.16 Å². The second kappa shape index (κ2) is 7.92. The summed E-state index contributed by atoms with van der Waals surface area (Å²) < 4.78 is 27.1. The summed E-state index contributed by atoms with van der Waals surface area (Å²) in [6, 6.07) is 3.63. The molecule has 2 aliphatic rings. The van der Waals surface area contributed by atoms with Gasteiger partial charge in [0.1, 0.15) is 17.3 Å². The van der Waals surface area contributed by atoms with Gasteiger partial charge >= 0.3 is 0 Å². The number of halogens is 2. The van der Waals surface area contributed by atoms with E-state index in [-0.39, 0.29) is 5.91 Å². The number of thiazole rings is 1. The van der Waals surface area contributed by atoms with Crippen molar-refractivity contribution >= 4 is 23.0 Å². The van der Waals surface area contributed by atoms with E-state index in [1.165, 1.54) is 23.5 Å². The van der Waals surface area contributed by atoms with Crippen LogP contribution in [-0.2, 0) is 22.7 Å². The number of hydrogen-bond donors (Lipinski definition) is 1. The minimum absolute atomic E-state index is 0.258. The Balaban J connectivity index is 1.34. The van der Waals surface area contributed by atoms with Gasteiger partial charge in [-0.05, 0) is 25.5 Å². The summed E-state index contributed by atoms with van der Waals surface area (Å²) in [5, 5.41) is 8.71. The van der Waals surface area contributed by atoms with E-state index in [0.29, 0.717) is 37.3 Å². The number of oxime groups is 1. The Morgan fingerprint density at radius 1 is 1.39 bits per heavy atom. The number of nitrogens with zero attached hydrogens (tertiary/aromatic N) is 3. The zero-order valence-corrected chi connectivity index (χ0v) is 16.0. The van der Waals surface area contributed by atoms with Crippen LogP contribution in [-0.4, -0.2) is 40.2 Å². The second-order valence-electron chi connectivity index (χ2n) is 7.20. The van der Waals surface area contributed by atoms with Crippen molar-refractivity contribution in [2.45, 2.75) is 38.0 Å². The molecule has 148 valence electrons. The molecule has 1 N–H and O–H groups in total. The maximum atomic E-state index is 14.0. The van der Waals surface area contributed by atoms with Gasteiger partial charge in [0, 0.05) is 36.5 Å². The molecule has 1 fully saturated rings. The Morgan fingerprint density at radius 3 is 3.07 bits per heavy atom. The third-order valence-corrected chi connectivity index (χ3v) is 5.68. The first-order chi connectivity index (χ1) is 13.5. The van der Waals surface area contributed by atoms with Crippen molar-refractivity contribution in [3.8, 4) is 0 Å². The van der Waals surface area contributed by atoms with Gasteiger partial charge in [-0.15, -0.1) is 11.3 Å². The molecule has 3 heterocycles. The van der Waals surface area contributed by atoms with Crippen molar-refractivity contribution in [3.63, 3.8) is 0 Å². The average Bonchev–Trinajstić information content (AvgIpc) is 3.33. The molecule has 0 saturated carbocycles. The molecule has 1 saturated heterocycles. The molecular weight excluding hydrogens is 386 g/mol. The molecule has 2 aromatic rings. The number of hydrogen-bond acceptors (Lipinski definition) is 6. The van der Waals surface area contributed by atoms with Crippen LogP contribution in [0.4, 0.5) is 8.78 Å². The Morgan fingerprint density at radius 2 is 2.29 bits per heavy atom. The van der Waals surface area contributed by atoms with Crippen molar-refractivity contribution in [1.82, 2.24) is 15.2 Å². The van der Waals surface area contributed by atoms with Crippen LogP contribution in [0.2, 0.25) is 0 Å². The van der Waals surface area contributed by atoms with E-state index in [1.54, 1.807) is 5.51 Å². The highest BCUT2D eigenvalue weighted by Crippen LogP contribution is 2.34. The van der Waals surface area contributed by atoms with Gasteiger partial charge in [0.15, 0.2) is 5.60 Å². The van der Waals surface area contributed by atoms with Gasteiger partial charge in [-0.25, -0.2) is 13.8 Å². The summed E-state index contributed by atoms with van der Waals surface area (Å²) in [5.74, 6) is -1.39. The third kappa shape index (κ3) is 4.20. The fourth-order valence-corrected chi connectivity index (χ4v) is 4.23. The number of carbonyl (C=O) groups excluding carboxylic acids is 1. The molecule has 1 spiro atoms. The molecule has 9 heteroatoms. The molecule has 1 aromatic heterocycles. The van der Waals surface area contributed by atoms with Crippen LogP contribution in [0.3, 0.4) is 0 Å². The van der Waals surface area contributed by atoms with Crippen LogP contribution in [0.25, 0.3) is 0 Å². The van der Waals surface area contributed by atoms with E-state index in [0.717, 1.165) is 31.1 Å². The Labute approximate surface area is 165 Å². The van der Waals surface area contributed by atoms with Gasteiger partial charge in [-0.2, -0.15) is 0 Å². The molecular formula is C19H20F2N4O2S. The summed E-state index contributed by atoms with van der Waals surface area (Å²) in [5.41, 5.74) is 2.76. The van der Waals surface area contributed by atoms with Gasteiger partial charge in [-0.3, -0.25) is 9.69 Å². The number of benzene rings is 1. The number of aromatic nitrogens is 1. The van der Waals surface area contributed by atoms with Crippen molar-refractivity contribution < 1.29 is 18.4 Å². The maximum Gasteiger partial charge on any atom is 0.269 e. The first kappa shape index (κ1) is 18.9. The SMILES string of the molecule is O=C(NCc1cscn1)C1=NOC2(CCCN(Cc3ccc(F)cc3F)C2)C1. The van der Waals surface area contributed by atoms with E-state index < -0.39 is 17.2 Å². The van der Waals surface area contributed by atoms with Crippen LogP contribution in [0.5, 0.6) is 0 Å². The molecule has 4 rings (SSSR count). The summed E-state index contributed by atoms with van der Waals surface area (Å²) in [6.07, 6.45) is 2.05. The smallest absolute Gasteiger partial charge is 0.269 e. The van der Waals surface area contributed by atoms with E-state index in [1.807, 2.05) is 5.38 Å². The van der Waals surface area contributed by atoms with Crippen molar-refractivity contribution in [2.75, 3.05) is 13.1 Å². The van der Waals surface area contributed by atoms with Crippen LogP contribution in [0.15, 0.2) is 34.2 Å². The molecule has 1 atom stereocenters. The zero-order valence-electron chi connectivity index (χ0n) is 15.2. The number of nitrogens with one attached hydrogen (secondary N) is 1. The minimum atomic E-state index is -0.586. The number of rotatable bonds is 5. The predicted octanol–water partition coefficient (Wildman–Crippen LogP) is 2.85. The maximum absolute atomic E-state index is 14.0. The van der Waals surface area contributed by atoms with E-state index in [4.69, 9.17) is 4.84 Å². The fraction of sp³-hybridized carbons (Fsp3) is 0.421. The predicted molar refractivity (Wildman–Crippen MR) is 101 cm³/mol. The summed E-state index contributed by atoms with van der Waals surface area (Å²) in [6.45, 7) is 2.04. The van der Waals surface area contributed by atoms with Crippen molar-refractivity contribution in [1.29, 1.82) is 0 Å². The van der Waals surface area contributed by atoms with Gasteiger partial charge < -0.3 is 10.2 Å². The quantitative estimate of drug-likeness (QED) is 0.829. The van der Waals surface area contributed by atoms with E-state index >= 15 is 0 Å². The topological polar surface area (TPSA) is 66.8 Å². The molecule has 1 aromatic carbocycles. The Hall–Kier alpha value is -2.39. The fourth-order valence-electron chi connectivity index (χ4n) is 3.68. The first-order valence-corrected chi connectivity index (χ1v) is 10.0. The minimum Gasteiger partial charge on any atom is -0.387 e. The highest BCUT2D eigenvalue weighted by Gasteiger charge is 2.44. The lowest BCUT2D eigenvalue weighted by Crippen LogP contribution is -2.48. The molecule has 0 aliphatic carbocycles. The van der Waals surface area contributed by atoms with E-state index in [9.17, 15) is 13.6 Å². The highest BCUT2D eigenvalue weighted by atomic mass is 32.1. The standard InChI is InChI=1S/C19H20F2N4O2S/c20-14-3-2-13(16(21)6-14)9-25-5-1-4-19(11-25)7-17(24-27-19)18(26)22-8-15-10-28-12-23-15/h2-3,6,10,12H,1,4-5,7-9,11H2,(H,22,26). The number of amides is 1. The summed E-state index contributed by atoms with van der Waals surface area (Å²) in [4.78, 5) is 24.3. The van der Waals surface area contributed by atoms with Gasteiger partial charge in [0.05, 0.1) is 17.7 Å². The lowest BCUT2D eigenvalue weighted by Gasteiger charge is -2.38. The Bertz CT molecular complexity index is 890. The molecule has 6 nitrogen and oxygen atoms in total. The number of piperidine rings is 1. The second-order valence-corrected chi connectivity index (χ2v) is 7.92. The molecule has 0 radical (unpaired) electrons. The molecule has 28 heavy (non-hydrogen) atoms. The molecule has 0 bridgehead atoms. The summed E-state index contributed by atoms with van der Waals surface area (Å²) in [7, 11) is 0. The third-order valence-electron chi connectivity index (χ3n) is 5.04. The van der Waals surface area contributed by atoms with Crippen LogP contribution in [0, 0.1) is 11.6 Å². The lowest BCUT2D eigenvalue weighted by molar-refractivity contribution is -0.115. The van der Waals surface area contributed by atoms with Gasteiger partial charge in [-0.1, -0.05) is 11.2 Å². The van der Waals surface area contributed by atoms with Gasteiger partial charge in [0.25, 0.3) is 5.91 Å². The normalized spacial score (nSPS) is 22.1. The Kier molecular flexibility index (Phi) is 5.36. The lowest BCUT2D eigenvalue weighted by atomic mass is 9.88. The van der Waals surface area contributed by atoms with Gasteiger partial charge in [0.2, 0.25) is 0 Å². The molecule has 1 unspecified atom stereocenters. The number of likely N-dealkylation sites (tertiary alicyclic amines) is 1. The highest BCUT2D eigenvalue weighted by molar-refractivity contribution is 7.07. The van der Waals surface area contributed by atoms with E-state index in [2.05, 4.69) is 20.4 Å². The van der Waals surface area contributed by atoms with Crippen LogP contribution < -0.4 is 5.32 Å². The zero-order chi connectivity index (χ0) is 19.6. The summed E-state index contributed by atoms with van der Waals surface area (Å²) >= 11 is 1.47. The molecule has 2 aliphatic heterocycles. The van der Waals surface area contributed by atoms with Crippen molar-refractivity contribution in [3.05, 3.63) is 52.0 Å². The largest absolute Gasteiger partial charge is 0.387 e. The monoisotopic (exact) mass is 406 g/mol. The average molecular weight is 406 g/mol. The molecule has 1 amide bonds. The van der Waals surface area contributed by atoms with Crippen LogP contribution >= 0.6 is 11.3 Å².